The Hall–Kier alpha value is -3.87. The molecular formula is C27H29N3O4. The Balaban J connectivity index is 1.44. The van der Waals surface area contributed by atoms with E-state index in [0.717, 1.165) is 24.1 Å². The maximum Gasteiger partial charge on any atom is 0.410 e. The van der Waals surface area contributed by atoms with E-state index in [1.807, 2.05) is 36.4 Å². The Labute approximate surface area is 199 Å². The van der Waals surface area contributed by atoms with Crippen LogP contribution in [-0.4, -0.2) is 22.1 Å². The fraction of sp³-hybridized carbons (Fsp3) is 0.296. The molecule has 3 aromatic rings. The van der Waals surface area contributed by atoms with Gasteiger partial charge in [-0.2, -0.15) is 0 Å². The highest BCUT2D eigenvalue weighted by atomic mass is 16.5. The SMILES string of the molecule is CC(C)(C)c1cccc(NC(=O)C2CCc3ccc(Oc4ccnc(NC(=O)O)c4)cc3C2)c1. The first kappa shape index (κ1) is 23.3. The number of benzene rings is 2. The van der Waals surface area contributed by atoms with Crippen molar-refractivity contribution in [2.45, 2.75) is 45.4 Å². The smallest absolute Gasteiger partial charge is 0.410 e. The van der Waals surface area contributed by atoms with Crippen molar-refractivity contribution in [3.05, 3.63) is 77.5 Å². The number of carbonyl (C=O) groups is 2. The summed E-state index contributed by atoms with van der Waals surface area (Å²) in [5.41, 5.74) is 4.32. The van der Waals surface area contributed by atoms with Gasteiger partial charge >= 0.3 is 6.09 Å². The number of aryl methyl sites for hydroxylation is 1. The number of ether oxygens (including phenoxy) is 1. The molecule has 4 rings (SSSR count). The molecule has 0 bridgehead atoms. The lowest BCUT2D eigenvalue weighted by molar-refractivity contribution is -0.120. The van der Waals surface area contributed by atoms with Crippen molar-refractivity contribution >= 4 is 23.5 Å². The van der Waals surface area contributed by atoms with E-state index < -0.39 is 6.09 Å². The predicted molar refractivity (Wildman–Crippen MR) is 132 cm³/mol. The summed E-state index contributed by atoms with van der Waals surface area (Å²) in [6.07, 6.45) is 2.56. The van der Waals surface area contributed by atoms with Gasteiger partial charge in [-0.15, -0.1) is 0 Å². The minimum atomic E-state index is -1.19. The third kappa shape index (κ3) is 5.73. The van der Waals surface area contributed by atoms with Crippen molar-refractivity contribution < 1.29 is 19.4 Å². The van der Waals surface area contributed by atoms with Crippen LogP contribution in [-0.2, 0) is 23.1 Å². The van der Waals surface area contributed by atoms with Crippen molar-refractivity contribution in [1.82, 2.24) is 4.98 Å². The van der Waals surface area contributed by atoms with Crippen molar-refractivity contribution in [2.75, 3.05) is 10.6 Å². The third-order valence-corrected chi connectivity index (χ3v) is 5.98. The average Bonchev–Trinajstić information content (AvgIpc) is 2.78. The molecule has 7 heteroatoms. The van der Waals surface area contributed by atoms with Gasteiger partial charge in [-0.3, -0.25) is 10.1 Å². The Morgan fingerprint density at radius 1 is 1.00 bits per heavy atom. The van der Waals surface area contributed by atoms with E-state index in [0.29, 0.717) is 17.9 Å². The van der Waals surface area contributed by atoms with Crippen molar-refractivity contribution in [3.8, 4) is 11.5 Å². The largest absolute Gasteiger partial charge is 0.465 e. The van der Waals surface area contributed by atoms with Gasteiger partial charge in [0.15, 0.2) is 0 Å². The Morgan fingerprint density at radius 3 is 2.56 bits per heavy atom. The number of fused-ring (bicyclic) bond motifs is 1. The summed E-state index contributed by atoms with van der Waals surface area (Å²) in [6.45, 7) is 6.46. The molecule has 0 spiro atoms. The summed E-state index contributed by atoms with van der Waals surface area (Å²) in [5.74, 6) is 1.21. The number of aromatic nitrogens is 1. The number of carbonyl (C=O) groups excluding carboxylic acids is 1. The number of hydrogen-bond donors (Lipinski definition) is 3. The number of nitrogens with one attached hydrogen (secondary N) is 2. The van der Waals surface area contributed by atoms with E-state index in [1.165, 1.54) is 23.4 Å². The molecule has 176 valence electrons. The van der Waals surface area contributed by atoms with Crippen molar-refractivity contribution in [1.29, 1.82) is 0 Å². The lowest BCUT2D eigenvalue weighted by Gasteiger charge is -2.25. The fourth-order valence-electron chi connectivity index (χ4n) is 4.12. The molecule has 2 aromatic carbocycles. The first-order chi connectivity index (χ1) is 16.2. The highest BCUT2D eigenvalue weighted by Crippen LogP contribution is 2.32. The summed E-state index contributed by atoms with van der Waals surface area (Å²) in [5, 5.41) is 14.2. The van der Waals surface area contributed by atoms with Gasteiger partial charge in [0.25, 0.3) is 0 Å². The van der Waals surface area contributed by atoms with Crippen LogP contribution < -0.4 is 15.4 Å². The number of rotatable bonds is 5. The molecule has 1 heterocycles. The second-order valence-corrected chi connectivity index (χ2v) is 9.60. The molecule has 7 nitrogen and oxygen atoms in total. The Morgan fingerprint density at radius 2 is 1.79 bits per heavy atom. The molecular weight excluding hydrogens is 430 g/mol. The van der Waals surface area contributed by atoms with Gasteiger partial charge in [-0.05, 0) is 71.7 Å². The minimum absolute atomic E-state index is 0.0141. The van der Waals surface area contributed by atoms with Crippen LogP contribution in [0.15, 0.2) is 60.8 Å². The molecule has 0 saturated heterocycles. The standard InChI is InChI=1S/C27H29N3O4/c1-27(2,3)20-5-4-6-21(15-20)29-25(31)18-8-7-17-9-10-22(14-19(17)13-18)34-23-11-12-28-24(16-23)30-26(32)33/h4-6,9-12,14-16,18H,7-8,13H2,1-3H3,(H,28,30)(H,29,31)(H,32,33). The predicted octanol–water partition coefficient (Wildman–Crippen LogP) is 6.00. The fourth-order valence-corrected chi connectivity index (χ4v) is 4.12. The molecule has 1 unspecified atom stereocenters. The molecule has 34 heavy (non-hydrogen) atoms. The molecule has 0 radical (unpaired) electrons. The second kappa shape index (κ2) is 9.55. The number of pyridine rings is 1. The van der Waals surface area contributed by atoms with E-state index >= 15 is 0 Å². The first-order valence-corrected chi connectivity index (χ1v) is 11.3. The average molecular weight is 460 g/mol. The van der Waals surface area contributed by atoms with Gasteiger partial charge in [-0.25, -0.2) is 9.78 Å². The molecule has 0 saturated carbocycles. The van der Waals surface area contributed by atoms with Crippen LogP contribution >= 0.6 is 0 Å². The number of anilines is 2. The van der Waals surface area contributed by atoms with E-state index in [-0.39, 0.29) is 23.1 Å². The zero-order valence-corrected chi connectivity index (χ0v) is 19.6. The Bertz CT molecular complexity index is 1220. The van der Waals surface area contributed by atoms with Crippen molar-refractivity contribution in [2.24, 2.45) is 5.92 Å². The topological polar surface area (TPSA) is 101 Å². The normalized spacial score (nSPS) is 15.2. The van der Waals surface area contributed by atoms with E-state index in [9.17, 15) is 9.59 Å². The lowest BCUT2D eigenvalue weighted by Crippen LogP contribution is -2.28. The van der Waals surface area contributed by atoms with Crippen LogP contribution in [0.4, 0.5) is 16.3 Å². The van der Waals surface area contributed by atoms with Gasteiger partial charge in [0.2, 0.25) is 5.91 Å². The quantitative estimate of drug-likeness (QED) is 0.434. The van der Waals surface area contributed by atoms with Gasteiger partial charge in [-0.1, -0.05) is 39.0 Å². The monoisotopic (exact) mass is 459 g/mol. The molecule has 3 N–H and O–H groups in total. The van der Waals surface area contributed by atoms with Crippen LogP contribution in [0, 0.1) is 5.92 Å². The number of carboxylic acid groups (broad SMARTS) is 1. The molecule has 0 aliphatic heterocycles. The second-order valence-electron chi connectivity index (χ2n) is 9.60. The molecule has 1 aliphatic rings. The highest BCUT2D eigenvalue weighted by Gasteiger charge is 2.25. The van der Waals surface area contributed by atoms with Crippen LogP contribution in [0.25, 0.3) is 0 Å². The minimum Gasteiger partial charge on any atom is -0.465 e. The van der Waals surface area contributed by atoms with Gasteiger partial charge in [0.05, 0.1) is 0 Å². The molecule has 0 fully saturated rings. The Kier molecular flexibility index (Phi) is 6.54. The summed E-state index contributed by atoms with van der Waals surface area (Å²) >= 11 is 0. The summed E-state index contributed by atoms with van der Waals surface area (Å²) < 4.78 is 5.93. The highest BCUT2D eigenvalue weighted by molar-refractivity contribution is 5.93. The van der Waals surface area contributed by atoms with Crippen LogP contribution in [0.5, 0.6) is 11.5 Å². The third-order valence-electron chi connectivity index (χ3n) is 5.98. The molecule has 2 amide bonds. The van der Waals surface area contributed by atoms with Crippen LogP contribution in [0.3, 0.4) is 0 Å². The van der Waals surface area contributed by atoms with Crippen molar-refractivity contribution in [3.63, 3.8) is 0 Å². The summed E-state index contributed by atoms with van der Waals surface area (Å²) in [6, 6.07) is 17.1. The number of amides is 2. The summed E-state index contributed by atoms with van der Waals surface area (Å²) in [4.78, 5) is 27.8. The molecule has 1 aromatic heterocycles. The zero-order valence-electron chi connectivity index (χ0n) is 19.6. The lowest BCUT2D eigenvalue weighted by atomic mass is 9.83. The number of hydrogen-bond acceptors (Lipinski definition) is 4. The van der Waals surface area contributed by atoms with E-state index in [2.05, 4.69) is 42.5 Å². The van der Waals surface area contributed by atoms with Crippen LogP contribution in [0.1, 0.15) is 43.9 Å². The summed E-state index contributed by atoms with van der Waals surface area (Å²) in [7, 11) is 0. The molecule has 1 atom stereocenters. The zero-order chi connectivity index (χ0) is 24.3. The van der Waals surface area contributed by atoms with Gasteiger partial charge in [0, 0.05) is 23.9 Å². The van der Waals surface area contributed by atoms with E-state index in [1.54, 1.807) is 6.07 Å². The van der Waals surface area contributed by atoms with Gasteiger partial charge in [0.1, 0.15) is 17.3 Å². The maximum atomic E-state index is 13.0. The first-order valence-electron chi connectivity index (χ1n) is 11.3. The van der Waals surface area contributed by atoms with Gasteiger partial charge < -0.3 is 15.2 Å². The van der Waals surface area contributed by atoms with Crippen LogP contribution in [0.2, 0.25) is 0 Å². The van der Waals surface area contributed by atoms with E-state index in [4.69, 9.17) is 9.84 Å². The maximum absolute atomic E-state index is 13.0. The molecule has 1 aliphatic carbocycles. The number of nitrogens with zero attached hydrogens (tertiary/aromatic N) is 1.